The van der Waals surface area contributed by atoms with E-state index >= 15 is 0 Å². The van der Waals surface area contributed by atoms with Crippen molar-refractivity contribution in [2.75, 3.05) is 5.32 Å². The van der Waals surface area contributed by atoms with Crippen LogP contribution in [0.1, 0.15) is 25.7 Å². The van der Waals surface area contributed by atoms with E-state index in [1.54, 1.807) is 6.07 Å². The molecule has 2 atom stereocenters. The van der Waals surface area contributed by atoms with Gasteiger partial charge in [0.25, 0.3) is 0 Å². The van der Waals surface area contributed by atoms with Gasteiger partial charge in [0.2, 0.25) is 5.91 Å². The summed E-state index contributed by atoms with van der Waals surface area (Å²) in [6.07, 6.45) is 4.34. The number of aromatic nitrogens is 1. The summed E-state index contributed by atoms with van der Waals surface area (Å²) in [6, 6.07) is 1.64. The number of anilines is 1. The van der Waals surface area contributed by atoms with Crippen LogP contribution in [0, 0.1) is 11.8 Å². The SMILES string of the molecule is O=C(O)C1CCCCC1C(=O)Nc1cnc(Cl)c(Br)c1. The third kappa shape index (κ3) is 3.49. The molecule has 2 unspecified atom stereocenters. The van der Waals surface area contributed by atoms with Crippen molar-refractivity contribution in [2.45, 2.75) is 25.7 Å². The number of carboxylic acids is 1. The number of carbonyl (C=O) groups excluding carboxylic acids is 1. The van der Waals surface area contributed by atoms with Gasteiger partial charge in [0.15, 0.2) is 0 Å². The van der Waals surface area contributed by atoms with Crippen LogP contribution < -0.4 is 5.32 Å². The van der Waals surface area contributed by atoms with E-state index in [0.29, 0.717) is 28.2 Å². The van der Waals surface area contributed by atoms with Crippen molar-refractivity contribution >= 4 is 45.1 Å². The van der Waals surface area contributed by atoms with Crippen LogP contribution in [0.25, 0.3) is 0 Å². The van der Waals surface area contributed by atoms with Crippen molar-refractivity contribution in [1.29, 1.82) is 0 Å². The van der Waals surface area contributed by atoms with Gasteiger partial charge in [0.05, 0.1) is 28.2 Å². The molecule has 1 fully saturated rings. The smallest absolute Gasteiger partial charge is 0.307 e. The highest BCUT2D eigenvalue weighted by Gasteiger charge is 2.35. The second-order valence-electron chi connectivity index (χ2n) is 4.82. The number of nitrogens with one attached hydrogen (secondary N) is 1. The molecule has 1 aromatic rings. The van der Waals surface area contributed by atoms with Gasteiger partial charge in [-0.15, -0.1) is 0 Å². The second kappa shape index (κ2) is 6.54. The summed E-state index contributed by atoms with van der Waals surface area (Å²) in [7, 11) is 0. The summed E-state index contributed by atoms with van der Waals surface area (Å²) in [4.78, 5) is 27.3. The zero-order valence-corrected chi connectivity index (χ0v) is 12.9. The van der Waals surface area contributed by atoms with E-state index in [-0.39, 0.29) is 5.91 Å². The molecule has 1 aliphatic carbocycles. The molecule has 0 aliphatic heterocycles. The molecular formula is C13H14BrClN2O3. The number of amides is 1. The largest absolute Gasteiger partial charge is 0.481 e. The molecule has 1 aromatic heterocycles. The number of carbonyl (C=O) groups is 2. The van der Waals surface area contributed by atoms with E-state index < -0.39 is 17.8 Å². The Bertz CT molecular complexity index is 538. The molecule has 5 nitrogen and oxygen atoms in total. The van der Waals surface area contributed by atoms with E-state index in [9.17, 15) is 14.7 Å². The highest BCUT2D eigenvalue weighted by Crippen LogP contribution is 2.31. The molecule has 0 bridgehead atoms. The lowest BCUT2D eigenvalue weighted by Gasteiger charge is -2.27. The molecule has 108 valence electrons. The fraction of sp³-hybridized carbons (Fsp3) is 0.462. The van der Waals surface area contributed by atoms with Gasteiger partial charge in [-0.3, -0.25) is 9.59 Å². The second-order valence-corrected chi connectivity index (χ2v) is 6.03. The van der Waals surface area contributed by atoms with Gasteiger partial charge in [0, 0.05) is 0 Å². The maximum atomic E-state index is 12.2. The zero-order chi connectivity index (χ0) is 14.7. The van der Waals surface area contributed by atoms with E-state index in [1.807, 2.05) is 0 Å². The molecule has 1 amide bonds. The topological polar surface area (TPSA) is 79.3 Å². The lowest BCUT2D eigenvalue weighted by atomic mass is 9.78. The van der Waals surface area contributed by atoms with Crippen LogP contribution in [-0.4, -0.2) is 22.0 Å². The van der Waals surface area contributed by atoms with Crippen molar-refractivity contribution in [3.8, 4) is 0 Å². The van der Waals surface area contributed by atoms with Crippen molar-refractivity contribution in [3.63, 3.8) is 0 Å². The predicted molar refractivity (Wildman–Crippen MR) is 78.7 cm³/mol. The van der Waals surface area contributed by atoms with Gasteiger partial charge in [-0.05, 0) is 34.8 Å². The van der Waals surface area contributed by atoms with Crippen LogP contribution in [0.3, 0.4) is 0 Å². The predicted octanol–water partition coefficient (Wildman–Crippen LogP) is 3.33. The summed E-state index contributed by atoms with van der Waals surface area (Å²) in [5, 5.41) is 12.2. The molecule has 20 heavy (non-hydrogen) atoms. The Labute approximate surface area is 129 Å². The van der Waals surface area contributed by atoms with Crippen LogP contribution in [0.5, 0.6) is 0 Å². The van der Waals surface area contributed by atoms with Gasteiger partial charge in [-0.1, -0.05) is 24.4 Å². The quantitative estimate of drug-likeness (QED) is 0.809. The number of hydrogen-bond donors (Lipinski definition) is 2. The van der Waals surface area contributed by atoms with Crippen LogP contribution in [0.2, 0.25) is 5.15 Å². The molecular weight excluding hydrogens is 348 g/mol. The third-order valence-electron chi connectivity index (χ3n) is 3.48. The van der Waals surface area contributed by atoms with Crippen LogP contribution in [0.4, 0.5) is 5.69 Å². The molecule has 2 N–H and O–H groups in total. The van der Waals surface area contributed by atoms with Gasteiger partial charge < -0.3 is 10.4 Å². The molecule has 0 radical (unpaired) electrons. The van der Waals surface area contributed by atoms with E-state index in [0.717, 1.165) is 12.8 Å². The molecule has 1 saturated carbocycles. The number of pyridine rings is 1. The monoisotopic (exact) mass is 360 g/mol. The summed E-state index contributed by atoms with van der Waals surface area (Å²) in [5.74, 6) is -2.27. The first-order chi connectivity index (χ1) is 9.49. The summed E-state index contributed by atoms with van der Waals surface area (Å²) < 4.78 is 0.579. The minimum absolute atomic E-state index is 0.270. The normalized spacial score (nSPS) is 22.3. The van der Waals surface area contributed by atoms with Gasteiger partial charge in [-0.25, -0.2) is 4.98 Å². The summed E-state index contributed by atoms with van der Waals surface area (Å²) >= 11 is 9.01. The fourth-order valence-corrected chi connectivity index (χ4v) is 2.92. The van der Waals surface area contributed by atoms with Crippen LogP contribution in [-0.2, 0) is 9.59 Å². The maximum absolute atomic E-state index is 12.2. The number of rotatable bonds is 3. The molecule has 2 rings (SSSR count). The Morgan fingerprint density at radius 3 is 2.60 bits per heavy atom. The van der Waals surface area contributed by atoms with Gasteiger partial charge >= 0.3 is 5.97 Å². The lowest BCUT2D eigenvalue weighted by Crippen LogP contribution is -2.36. The number of aliphatic carboxylic acids is 1. The average molecular weight is 362 g/mol. The van der Waals surface area contributed by atoms with Gasteiger partial charge in [-0.2, -0.15) is 0 Å². The standard InChI is InChI=1S/C13H14BrClN2O3/c14-10-5-7(6-16-11(10)15)17-12(18)8-3-1-2-4-9(8)13(19)20/h5-6,8-9H,1-4H2,(H,17,18)(H,19,20). The number of halogens is 2. The number of hydrogen-bond acceptors (Lipinski definition) is 3. The first-order valence-electron chi connectivity index (χ1n) is 6.33. The maximum Gasteiger partial charge on any atom is 0.307 e. The minimum atomic E-state index is -0.903. The Kier molecular flexibility index (Phi) is 4.99. The number of nitrogens with zero attached hydrogens (tertiary/aromatic N) is 1. The Morgan fingerprint density at radius 2 is 2.00 bits per heavy atom. The van der Waals surface area contributed by atoms with E-state index in [1.165, 1.54) is 6.20 Å². The van der Waals surface area contributed by atoms with Gasteiger partial charge in [0.1, 0.15) is 5.15 Å². The molecule has 0 aromatic carbocycles. The Morgan fingerprint density at radius 1 is 1.35 bits per heavy atom. The molecule has 7 heteroatoms. The Balaban J connectivity index is 2.09. The molecule has 1 aliphatic rings. The van der Waals surface area contributed by atoms with E-state index in [4.69, 9.17) is 11.6 Å². The van der Waals surface area contributed by atoms with Crippen molar-refractivity contribution in [1.82, 2.24) is 4.98 Å². The first kappa shape index (κ1) is 15.3. The lowest BCUT2D eigenvalue weighted by molar-refractivity contribution is -0.147. The molecule has 1 heterocycles. The molecule has 0 saturated heterocycles. The minimum Gasteiger partial charge on any atom is -0.481 e. The summed E-state index contributed by atoms with van der Waals surface area (Å²) in [6.45, 7) is 0. The fourth-order valence-electron chi connectivity index (χ4n) is 2.46. The van der Waals surface area contributed by atoms with Crippen molar-refractivity contribution in [3.05, 3.63) is 21.9 Å². The van der Waals surface area contributed by atoms with Crippen LogP contribution >= 0.6 is 27.5 Å². The number of carboxylic acid groups (broad SMARTS) is 1. The highest BCUT2D eigenvalue weighted by atomic mass is 79.9. The summed E-state index contributed by atoms with van der Waals surface area (Å²) in [5.41, 5.74) is 0.501. The first-order valence-corrected chi connectivity index (χ1v) is 7.51. The van der Waals surface area contributed by atoms with E-state index in [2.05, 4.69) is 26.2 Å². The highest BCUT2D eigenvalue weighted by molar-refractivity contribution is 9.10. The third-order valence-corrected chi connectivity index (χ3v) is 4.62. The Hall–Kier alpha value is -1.14. The van der Waals surface area contributed by atoms with Crippen molar-refractivity contribution in [2.24, 2.45) is 11.8 Å². The van der Waals surface area contributed by atoms with Crippen LogP contribution in [0.15, 0.2) is 16.7 Å². The zero-order valence-electron chi connectivity index (χ0n) is 10.6. The van der Waals surface area contributed by atoms with Crippen molar-refractivity contribution < 1.29 is 14.7 Å². The molecule has 0 spiro atoms. The average Bonchev–Trinajstić information content (AvgIpc) is 2.43.